The van der Waals surface area contributed by atoms with Crippen LogP contribution in [-0.2, 0) is 0 Å². The van der Waals surface area contributed by atoms with E-state index < -0.39 is 0 Å². The van der Waals surface area contributed by atoms with E-state index in [2.05, 4.69) is 39.8 Å². The summed E-state index contributed by atoms with van der Waals surface area (Å²) in [6.45, 7) is 8.91. The Morgan fingerprint density at radius 2 is 1.06 bits per heavy atom. The van der Waals surface area contributed by atoms with Crippen molar-refractivity contribution in [3.63, 3.8) is 0 Å². The molecular formula is C14H14S2. The maximum atomic E-state index is 2.33. The summed E-state index contributed by atoms with van der Waals surface area (Å²) < 4.78 is 2.94. The summed E-state index contributed by atoms with van der Waals surface area (Å²) >= 11 is 3.84. The topological polar surface area (TPSA) is 0 Å². The fraction of sp³-hybridized carbons (Fsp3) is 0.286. The van der Waals surface area contributed by atoms with Crippen LogP contribution in [0, 0.1) is 27.7 Å². The maximum absolute atomic E-state index is 2.33. The van der Waals surface area contributed by atoms with Crippen molar-refractivity contribution in [2.45, 2.75) is 27.7 Å². The fourth-order valence-electron chi connectivity index (χ4n) is 2.39. The van der Waals surface area contributed by atoms with E-state index in [9.17, 15) is 0 Å². The second-order valence-corrected chi connectivity index (χ2v) is 6.96. The van der Waals surface area contributed by atoms with Gasteiger partial charge in [-0.15, -0.1) is 22.7 Å². The average Bonchev–Trinajstić information content (AvgIpc) is 2.78. The molecular weight excluding hydrogens is 232 g/mol. The van der Waals surface area contributed by atoms with Crippen LogP contribution in [-0.4, -0.2) is 0 Å². The van der Waals surface area contributed by atoms with Crippen LogP contribution >= 0.6 is 22.7 Å². The van der Waals surface area contributed by atoms with E-state index in [1.165, 1.54) is 41.1 Å². The third-order valence-electron chi connectivity index (χ3n) is 3.20. The summed E-state index contributed by atoms with van der Waals surface area (Å²) in [7, 11) is 0. The molecule has 82 valence electrons. The van der Waals surface area contributed by atoms with Crippen LogP contribution in [0.1, 0.15) is 20.9 Å². The first kappa shape index (κ1) is 10.3. The molecule has 0 bridgehead atoms. The third-order valence-corrected chi connectivity index (χ3v) is 5.54. The van der Waals surface area contributed by atoms with Crippen molar-refractivity contribution in [1.82, 2.24) is 0 Å². The van der Waals surface area contributed by atoms with Gasteiger partial charge in [0.15, 0.2) is 0 Å². The van der Waals surface area contributed by atoms with Gasteiger partial charge in [-0.25, -0.2) is 0 Å². The molecule has 0 amide bonds. The van der Waals surface area contributed by atoms with Crippen molar-refractivity contribution in [2.75, 3.05) is 0 Å². The highest BCUT2D eigenvalue weighted by molar-refractivity contribution is 7.21. The average molecular weight is 246 g/mol. The highest BCUT2D eigenvalue weighted by atomic mass is 32.1. The molecule has 3 rings (SSSR count). The van der Waals surface area contributed by atoms with E-state index >= 15 is 0 Å². The van der Waals surface area contributed by atoms with Crippen molar-refractivity contribution < 1.29 is 0 Å². The minimum Gasteiger partial charge on any atom is -0.140 e. The van der Waals surface area contributed by atoms with Crippen LogP contribution in [0.15, 0.2) is 12.1 Å². The van der Waals surface area contributed by atoms with E-state index in [1.807, 2.05) is 22.7 Å². The van der Waals surface area contributed by atoms with Crippen LogP contribution < -0.4 is 0 Å². The van der Waals surface area contributed by atoms with Gasteiger partial charge < -0.3 is 0 Å². The van der Waals surface area contributed by atoms with Crippen molar-refractivity contribution in [3.05, 3.63) is 33.0 Å². The van der Waals surface area contributed by atoms with Gasteiger partial charge in [-0.05, 0) is 61.7 Å². The predicted octanol–water partition coefficient (Wildman–Crippen LogP) is 5.35. The molecule has 1 aromatic carbocycles. The van der Waals surface area contributed by atoms with Gasteiger partial charge in [-0.2, -0.15) is 0 Å². The molecule has 0 saturated carbocycles. The van der Waals surface area contributed by atoms with Gasteiger partial charge in [0.2, 0.25) is 0 Å². The summed E-state index contributed by atoms with van der Waals surface area (Å²) in [5, 5.41) is 2.91. The van der Waals surface area contributed by atoms with Gasteiger partial charge in [0, 0.05) is 19.2 Å². The number of hydrogen-bond acceptors (Lipinski definition) is 2. The standard InChI is InChI=1S/C14H14S2/c1-7-5-11-9(3)14-12(6-8(2)16-14)10(4)13(11)15-7/h5-6H,1-4H3. The first-order valence-corrected chi connectivity index (χ1v) is 7.10. The summed E-state index contributed by atoms with van der Waals surface area (Å²) in [5.41, 5.74) is 2.91. The Morgan fingerprint density at radius 3 is 1.44 bits per heavy atom. The Morgan fingerprint density at radius 1 is 0.688 bits per heavy atom. The lowest BCUT2D eigenvalue weighted by Crippen LogP contribution is -1.79. The monoisotopic (exact) mass is 246 g/mol. The zero-order chi connectivity index (χ0) is 11.4. The van der Waals surface area contributed by atoms with Gasteiger partial charge in [0.05, 0.1) is 0 Å². The van der Waals surface area contributed by atoms with Gasteiger partial charge >= 0.3 is 0 Å². The van der Waals surface area contributed by atoms with Crippen molar-refractivity contribution in [3.8, 4) is 0 Å². The van der Waals surface area contributed by atoms with E-state index in [1.54, 1.807) is 0 Å². The summed E-state index contributed by atoms with van der Waals surface area (Å²) in [5.74, 6) is 0. The molecule has 0 unspecified atom stereocenters. The van der Waals surface area contributed by atoms with Gasteiger partial charge in [-0.1, -0.05) is 0 Å². The molecule has 0 aliphatic carbocycles. The summed E-state index contributed by atoms with van der Waals surface area (Å²) in [6, 6.07) is 4.66. The molecule has 2 aromatic heterocycles. The molecule has 0 aliphatic rings. The van der Waals surface area contributed by atoms with Crippen molar-refractivity contribution in [2.24, 2.45) is 0 Å². The second-order valence-electron chi connectivity index (χ2n) is 4.45. The van der Waals surface area contributed by atoms with Gasteiger partial charge in [-0.3, -0.25) is 0 Å². The fourth-order valence-corrected chi connectivity index (χ4v) is 4.55. The molecule has 2 heterocycles. The molecule has 0 aliphatic heterocycles. The number of hydrogen-bond donors (Lipinski definition) is 0. The number of rotatable bonds is 0. The minimum atomic E-state index is 1.41. The molecule has 0 saturated heterocycles. The Kier molecular flexibility index (Phi) is 2.13. The summed E-state index contributed by atoms with van der Waals surface area (Å²) in [6.07, 6.45) is 0. The second kappa shape index (κ2) is 3.31. The zero-order valence-corrected chi connectivity index (χ0v) is 11.6. The highest BCUT2D eigenvalue weighted by Crippen LogP contribution is 2.40. The first-order valence-electron chi connectivity index (χ1n) is 5.47. The van der Waals surface area contributed by atoms with Crippen LogP contribution in [0.4, 0.5) is 0 Å². The smallest absolute Gasteiger partial charge is 0.0384 e. The third kappa shape index (κ3) is 1.26. The molecule has 0 atom stereocenters. The van der Waals surface area contributed by atoms with Crippen molar-refractivity contribution >= 4 is 42.8 Å². The maximum Gasteiger partial charge on any atom is 0.0384 e. The Balaban J connectivity index is 2.63. The lowest BCUT2D eigenvalue weighted by molar-refractivity contribution is 1.56. The molecule has 0 spiro atoms. The molecule has 0 fully saturated rings. The van der Waals surface area contributed by atoms with Crippen LogP contribution in [0.3, 0.4) is 0 Å². The van der Waals surface area contributed by atoms with Crippen molar-refractivity contribution in [1.29, 1.82) is 0 Å². The Hall–Kier alpha value is -0.860. The largest absolute Gasteiger partial charge is 0.140 e. The minimum absolute atomic E-state index is 1.41. The molecule has 2 heteroatoms. The first-order chi connectivity index (χ1) is 7.58. The number of benzene rings is 1. The SMILES string of the molecule is Cc1cc2c(C)c3sc(C)cc3c(C)c2s1. The molecule has 0 N–H and O–H groups in total. The lowest BCUT2D eigenvalue weighted by Gasteiger charge is -2.03. The van der Waals surface area contributed by atoms with E-state index in [4.69, 9.17) is 0 Å². The normalized spacial score (nSPS) is 11.8. The van der Waals surface area contributed by atoms with E-state index in [0.29, 0.717) is 0 Å². The molecule has 16 heavy (non-hydrogen) atoms. The quantitative estimate of drug-likeness (QED) is 0.501. The Bertz CT molecular complexity index is 584. The molecule has 0 nitrogen and oxygen atoms in total. The molecule has 0 radical (unpaired) electrons. The zero-order valence-electron chi connectivity index (χ0n) is 9.97. The van der Waals surface area contributed by atoms with E-state index in [-0.39, 0.29) is 0 Å². The van der Waals surface area contributed by atoms with Gasteiger partial charge in [0.1, 0.15) is 0 Å². The van der Waals surface area contributed by atoms with E-state index in [0.717, 1.165) is 0 Å². The van der Waals surface area contributed by atoms with Crippen LogP contribution in [0.2, 0.25) is 0 Å². The predicted molar refractivity (Wildman–Crippen MR) is 76.2 cm³/mol. The highest BCUT2D eigenvalue weighted by Gasteiger charge is 2.12. The Labute approximate surface area is 104 Å². The number of fused-ring (bicyclic) bond motifs is 2. The summed E-state index contributed by atoms with van der Waals surface area (Å²) in [4.78, 5) is 2.83. The van der Waals surface area contributed by atoms with Gasteiger partial charge in [0.25, 0.3) is 0 Å². The lowest BCUT2D eigenvalue weighted by atomic mass is 10.0. The van der Waals surface area contributed by atoms with Crippen LogP contribution in [0.25, 0.3) is 20.2 Å². The molecule has 3 aromatic rings. The number of aryl methyl sites for hydroxylation is 4. The number of thiophene rings is 2. The van der Waals surface area contributed by atoms with Crippen LogP contribution in [0.5, 0.6) is 0 Å².